The Hall–Kier alpha value is -4.57. The van der Waals surface area contributed by atoms with E-state index in [1.807, 2.05) is 29.6 Å². The van der Waals surface area contributed by atoms with Gasteiger partial charge in [0.1, 0.15) is 0 Å². The zero-order valence-electron chi connectivity index (χ0n) is 17.6. The van der Waals surface area contributed by atoms with Gasteiger partial charge in [-0.1, -0.05) is 30.3 Å². The van der Waals surface area contributed by atoms with Gasteiger partial charge in [-0.25, -0.2) is 9.78 Å². The molecule has 0 aliphatic carbocycles. The van der Waals surface area contributed by atoms with E-state index in [2.05, 4.69) is 25.8 Å². The number of thiazole rings is 1. The van der Waals surface area contributed by atoms with Crippen LogP contribution in [0, 0.1) is 0 Å². The molecule has 9 nitrogen and oxygen atoms in total. The fourth-order valence-electron chi connectivity index (χ4n) is 3.54. The predicted molar refractivity (Wildman–Crippen MR) is 128 cm³/mol. The third-order valence-corrected chi connectivity index (χ3v) is 5.85. The number of carbonyl (C=O) groups is 2. The van der Waals surface area contributed by atoms with Crippen molar-refractivity contribution in [3.63, 3.8) is 0 Å². The van der Waals surface area contributed by atoms with E-state index < -0.39 is 17.9 Å². The molecule has 1 atom stereocenters. The summed E-state index contributed by atoms with van der Waals surface area (Å²) in [6.07, 6.45) is 3.49. The van der Waals surface area contributed by atoms with Crippen LogP contribution >= 0.6 is 11.3 Å². The van der Waals surface area contributed by atoms with E-state index >= 15 is 0 Å². The minimum Gasteiger partial charge on any atom is -0.479 e. The van der Waals surface area contributed by atoms with E-state index in [4.69, 9.17) is 0 Å². The Labute approximate surface area is 197 Å². The predicted octanol–water partition coefficient (Wildman–Crippen LogP) is 4.15. The molecule has 0 aliphatic rings. The van der Waals surface area contributed by atoms with Crippen molar-refractivity contribution in [1.29, 1.82) is 0 Å². The van der Waals surface area contributed by atoms with E-state index in [-0.39, 0.29) is 5.56 Å². The highest BCUT2D eigenvalue weighted by Crippen LogP contribution is 2.24. The number of carboxylic acids is 1. The number of amides is 1. The van der Waals surface area contributed by atoms with Gasteiger partial charge in [0, 0.05) is 29.0 Å². The first-order chi connectivity index (χ1) is 16.6. The average molecular weight is 471 g/mol. The van der Waals surface area contributed by atoms with Crippen molar-refractivity contribution in [1.82, 2.24) is 24.9 Å². The van der Waals surface area contributed by atoms with Gasteiger partial charge in [-0.2, -0.15) is 0 Å². The summed E-state index contributed by atoms with van der Waals surface area (Å²) in [4.78, 5) is 29.0. The number of aliphatic carboxylic acids is 1. The molecule has 0 unspecified atom stereocenters. The minimum atomic E-state index is -1.19. The van der Waals surface area contributed by atoms with E-state index in [9.17, 15) is 14.7 Å². The van der Waals surface area contributed by atoms with Crippen LogP contribution in [0.2, 0.25) is 0 Å². The SMILES string of the molecule is O=C(N[C@H](C(=O)O)c1ccccc1)c1cccn2c(-c3ccc(Nc4nccs4)cc3)nnc12. The van der Waals surface area contributed by atoms with Crippen LogP contribution in [-0.2, 0) is 4.79 Å². The van der Waals surface area contributed by atoms with Crippen molar-refractivity contribution < 1.29 is 14.7 Å². The monoisotopic (exact) mass is 470 g/mol. The van der Waals surface area contributed by atoms with Crippen LogP contribution in [0.25, 0.3) is 17.0 Å². The van der Waals surface area contributed by atoms with E-state index in [0.717, 1.165) is 16.4 Å². The number of pyridine rings is 1. The lowest BCUT2D eigenvalue weighted by atomic mass is 10.1. The number of anilines is 2. The average Bonchev–Trinajstić information content (AvgIpc) is 3.53. The van der Waals surface area contributed by atoms with Crippen molar-refractivity contribution in [3.8, 4) is 11.4 Å². The number of hydrogen-bond donors (Lipinski definition) is 3. The second kappa shape index (κ2) is 9.12. The van der Waals surface area contributed by atoms with Crippen molar-refractivity contribution in [2.45, 2.75) is 6.04 Å². The molecule has 0 saturated carbocycles. The van der Waals surface area contributed by atoms with Crippen molar-refractivity contribution in [2.24, 2.45) is 0 Å². The highest BCUT2D eigenvalue weighted by atomic mass is 32.1. The molecule has 0 radical (unpaired) electrons. The topological polar surface area (TPSA) is 122 Å². The molecule has 0 bridgehead atoms. The number of carbonyl (C=O) groups excluding carboxylic acids is 1. The molecule has 1 amide bonds. The Kier molecular flexibility index (Phi) is 5.71. The van der Waals surface area contributed by atoms with E-state index in [1.165, 1.54) is 11.3 Å². The lowest BCUT2D eigenvalue weighted by Crippen LogP contribution is -2.34. The van der Waals surface area contributed by atoms with E-state index in [1.54, 1.807) is 59.3 Å². The zero-order chi connectivity index (χ0) is 23.5. The van der Waals surface area contributed by atoms with Gasteiger partial charge < -0.3 is 15.7 Å². The summed E-state index contributed by atoms with van der Waals surface area (Å²) in [5.41, 5.74) is 2.72. The fourth-order valence-corrected chi connectivity index (χ4v) is 4.09. The molecule has 0 aliphatic heterocycles. The number of nitrogens with zero attached hydrogens (tertiary/aromatic N) is 4. The van der Waals surface area contributed by atoms with Crippen LogP contribution in [0.3, 0.4) is 0 Å². The third-order valence-electron chi connectivity index (χ3n) is 5.16. The maximum absolute atomic E-state index is 13.0. The first kappa shape index (κ1) is 21.3. The number of fused-ring (bicyclic) bond motifs is 1. The second-order valence-corrected chi connectivity index (χ2v) is 8.23. The van der Waals surface area contributed by atoms with Gasteiger partial charge in [-0.15, -0.1) is 21.5 Å². The quantitative estimate of drug-likeness (QED) is 0.327. The Morgan fingerprint density at radius 2 is 1.76 bits per heavy atom. The van der Waals surface area contributed by atoms with Crippen molar-refractivity contribution >= 4 is 39.7 Å². The first-order valence-electron chi connectivity index (χ1n) is 10.3. The highest BCUT2D eigenvalue weighted by Gasteiger charge is 2.24. The maximum Gasteiger partial charge on any atom is 0.330 e. The molecule has 0 fully saturated rings. The zero-order valence-corrected chi connectivity index (χ0v) is 18.4. The standard InChI is InChI=1S/C24H18N6O3S/c31-22(27-19(23(32)33)15-5-2-1-3-6-15)18-7-4-13-30-20(28-29-21(18)30)16-8-10-17(11-9-16)26-24-25-12-14-34-24/h1-14,19H,(H,25,26)(H,27,31)(H,32,33)/t19-/m0/s1. The number of hydrogen-bond acceptors (Lipinski definition) is 7. The second-order valence-electron chi connectivity index (χ2n) is 7.33. The van der Waals surface area contributed by atoms with E-state index in [0.29, 0.717) is 17.0 Å². The van der Waals surface area contributed by atoms with Crippen LogP contribution in [0.5, 0.6) is 0 Å². The molecular weight excluding hydrogens is 452 g/mol. The van der Waals surface area contributed by atoms with Gasteiger partial charge in [0.15, 0.2) is 22.6 Å². The fraction of sp³-hybridized carbons (Fsp3) is 0.0417. The number of aromatic nitrogens is 4. The van der Waals surface area contributed by atoms with Crippen LogP contribution in [0.15, 0.2) is 84.5 Å². The molecular formula is C24H18N6O3S. The van der Waals surface area contributed by atoms with Gasteiger partial charge in [-0.05, 0) is 42.0 Å². The summed E-state index contributed by atoms with van der Waals surface area (Å²) in [6.45, 7) is 0. The van der Waals surface area contributed by atoms with Gasteiger partial charge in [0.2, 0.25) is 0 Å². The largest absolute Gasteiger partial charge is 0.479 e. The first-order valence-corrected chi connectivity index (χ1v) is 11.2. The highest BCUT2D eigenvalue weighted by molar-refractivity contribution is 7.13. The maximum atomic E-state index is 13.0. The lowest BCUT2D eigenvalue weighted by Gasteiger charge is -2.15. The Balaban J connectivity index is 1.42. The summed E-state index contributed by atoms with van der Waals surface area (Å²) in [5, 5.41) is 26.6. The summed E-state index contributed by atoms with van der Waals surface area (Å²) >= 11 is 1.51. The molecule has 3 heterocycles. The molecule has 34 heavy (non-hydrogen) atoms. The number of nitrogens with one attached hydrogen (secondary N) is 2. The third kappa shape index (κ3) is 4.21. The number of benzene rings is 2. The van der Waals surface area contributed by atoms with Gasteiger partial charge >= 0.3 is 5.97 Å². The minimum absolute atomic E-state index is 0.227. The normalized spacial score (nSPS) is 11.8. The Morgan fingerprint density at radius 3 is 2.47 bits per heavy atom. The Bertz CT molecular complexity index is 1450. The van der Waals surface area contributed by atoms with Crippen LogP contribution < -0.4 is 10.6 Å². The summed E-state index contributed by atoms with van der Waals surface area (Å²) in [6, 6.07) is 18.3. The van der Waals surface area contributed by atoms with Gasteiger partial charge in [0.05, 0.1) is 5.56 Å². The number of carboxylic acid groups (broad SMARTS) is 1. The van der Waals surface area contributed by atoms with Gasteiger partial charge in [0.25, 0.3) is 5.91 Å². The van der Waals surface area contributed by atoms with Gasteiger partial charge in [-0.3, -0.25) is 9.20 Å². The van der Waals surface area contributed by atoms with Crippen molar-refractivity contribution in [2.75, 3.05) is 5.32 Å². The summed E-state index contributed by atoms with van der Waals surface area (Å²) < 4.78 is 1.70. The molecule has 5 rings (SSSR count). The molecule has 2 aromatic carbocycles. The molecule has 5 aromatic rings. The lowest BCUT2D eigenvalue weighted by molar-refractivity contribution is -0.139. The molecule has 3 aromatic heterocycles. The van der Waals surface area contributed by atoms with Crippen LogP contribution in [0.1, 0.15) is 22.0 Å². The molecule has 0 spiro atoms. The Morgan fingerprint density at radius 1 is 0.971 bits per heavy atom. The smallest absolute Gasteiger partial charge is 0.330 e. The molecule has 3 N–H and O–H groups in total. The molecule has 10 heteroatoms. The van der Waals surface area contributed by atoms with Crippen molar-refractivity contribution in [3.05, 3.63) is 95.6 Å². The molecule has 168 valence electrons. The summed E-state index contributed by atoms with van der Waals surface area (Å²) in [5.74, 6) is -1.15. The molecule has 0 saturated heterocycles. The number of rotatable bonds is 7. The van der Waals surface area contributed by atoms with Crippen LogP contribution in [-0.4, -0.2) is 36.6 Å². The summed E-state index contributed by atoms with van der Waals surface area (Å²) in [7, 11) is 0. The van der Waals surface area contributed by atoms with Crippen LogP contribution in [0.4, 0.5) is 10.8 Å².